The first kappa shape index (κ1) is 18.9. The lowest BCUT2D eigenvalue weighted by Crippen LogP contribution is -2.52. The van der Waals surface area contributed by atoms with E-state index < -0.39 is 15.9 Å². The molecule has 1 N–H and O–H groups in total. The van der Waals surface area contributed by atoms with Crippen LogP contribution in [0, 0.1) is 5.92 Å². The molecule has 2 amide bonds. The van der Waals surface area contributed by atoms with E-state index in [0.717, 1.165) is 25.7 Å². The molecule has 0 aliphatic carbocycles. The monoisotopic (exact) mass is 332 g/mol. The van der Waals surface area contributed by atoms with Crippen LogP contribution in [0.5, 0.6) is 0 Å². The summed E-state index contributed by atoms with van der Waals surface area (Å²) < 4.78 is 22.8. The van der Waals surface area contributed by atoms with Crippen molar-refractivity contribution in [2.45, 2.75) is 52.5 Å². The van der Waals surface area contributed by atoms with Crippen molar-refractivity contribution in [1.29, 1.82) is 0 Å². The number of sulfone groups is 1. The van der Waals surface area contributed by atoms with Gasteiger partial charge in [-0.25, -0.2) is 8.42 Å². The molecule has 0 aromatic carbocycles. The molecule has 1 aliphatic rings. The molecule has 1 aliphatic heterocycles. The van der Waals surface area contributed by atoms with E-state index in [1.165, 1.54) is 4.90 Å². The summed E-state index contributed by atoms with van der Waals surface area (Å²) in [5, 5.41) is 2.78. The van der Waals surface area contributed by atoms with Crippen molar-refractivity contribution in [3.63, 3.8) is 0 Å². The SMILES string of the molecule is CCCCC(CC)C(=O)NC(C)C(=O)N1CCS(=O)(=O)CC1. The highest BCUT2D eigenvalue weighted by molar-refractivity contribution is 7.91. The lowest BCUT2D eigenvalue weighted by atomic mass is 9.98. The maximum absolute atomic E-state index is 12.3. The molecule has 0 aromatic rings. The normalized spacial score (nSPS) is 20.2. The van der Waals surface area contributed by atoms with Gasteiger partial charge < -0.3 is 10.2 Å². The van der Waals surface area contributed by atoms with E-state index in [2.05, 4.69) is 12.2 Å². The van der Waals surface area contributed by atoms with Crippen molar-refractivity contribution in [3.05, 3.63) is 0 Å². The molecule has 128 valence electrons. The average molecular weight is 332 g/mol. The zero-order chi connectivity index (χ0) is 16.8. The molecule has 1 fully saturated rings. The molecule has 0 aromatic heterocycles. The molecular weight excluding hydrogens is 304 g/mol. The third-order valence-corrected chi connectivity index (χ3v) is 5.76. The molecule has 1 heterocycles. The molecule has 6 nitrogen and oxygen atoms in total. The van der Waals surface area contributed by atoms with Crippen molar-refractivity contribution in [1.82, 2.24) is 10.2 Å². The number of hydrogen-bond acceptors (Lipinski definition) is 4. The zero-order valence-electron chi connectivity index (χ0n) is 13.8. The van der Waals surface area contributed by atoms with Crippen molar-refractivity contribution in [2.75, 3.05) is 24.6 Å². The van der Waals surface area contributed by atoms with E-state index in [1.807, 2.05) is 6.92 Å². The summed E-state index contributed by atoms with van der Waals surface area (Å²) in [6.45, 7) is 6.15. The lowest BCUT2D eigenvalue weighted by Gasteiger charge is -2.30. The fraction of sp³-hybridized carbons (Fsp3) is 0.867. The van der Waals surface area contributed by atoms with Gasteiger partial charge in [-0.3, -0.25) is 9.59 Å². The number of nitrogens with one attached hydrogen (secondary N) is 1. The Morgan fingerprint density at radius 3 is 2.27 bits per heavy atom. The molecule has 2 unspecified atom stereocenters. The van der Waals surface area contributed by atoms with E-state index in [9.17, 15) is 18.0 Å². The van der Waals surface area contributed by atoms with Crippen LogP contribution in [0.3, 0.4) is 0 Å². The number of carbonyl (C=O) groups is 2. The molecule has 0 spiro atoms. The molecule has 7 heteroatoms. The molecule has 22 heavy (non-hydrogen) atoms. The van der Waals surface area contributed by atoms with E-state index in [0.29, 0.717) is 0 Å². The van der Waals surface area contributed by atoms with Crippen LogP contribution in [0.2, 0.25) is 0 Å². The minimum absolute atomic E-state index is 0.00743. The summed E-state index contributed by atoms with van der Waals surface area (Å²) in [6, 6.07) is -0.607. The van der Waals surface area contributed by atoms with E-state index in [-0.39, 0.29) is 42.3 Å². The molecule has 1 rings (SSSR count). The fourth-order valence-corrected chi connectivity index (χ4v) is 3.77. The fourth-order valence-electron chi connectivity index (χ4n) is 2.57. The first-order valence-corrected chi connectivity index (χ1v) is 9.92. The van der Waals surface area contributed by atoms with Gasteiger partial charge in [-0.05, 0) is 19.8 Å². The predicted molar refractivity (Wildman–Crippen MR) is 86.1 cm³/mol. The molecular formula is C15H28N2O4S. The lowest BCUT2D eigenvalue weighted by molar-refractivity contribution is -0.136. The highest BCUT2D eigenvalue weighted by Gasteiger charge is 2.29. The van der Waals surface area contributed by atoms with Gasteiger partial charge in [0.15, 0.2) is 9.84 Å². The Labute approximate surface area is 133 Å². The van der Waals surface area contributed by atoms with Crippen LogP contribution in [0.15, 0.2) is 0 Å². The molecule has 0 radical (unpaired) electrons. The second kappa shape index (κ2) is 8.50. The summed E-state index contributed by atoms with van der Waals surface area (Å²) in [6.07, 6.45) is 3.63. The van der Waals surface area contributed by atoms with Crippen LogP contribution >= 0.6 is 0 Å². The highest BCUT2D eigenvalue weighted by atomic mass is 32.2. The summed E-state index contributed by atoms with van der Waals surface area (Å²) in [5.41, 5.74) is 0. The quantitative estimate of drug-likeness (QED) is 0.753. The third-order valence-electron chi connectivity index (χ3n) is 4.16. The van der Waals surface area contributed by atoms with Gasteiger partial charge in [0.1, 0.15) is 6.04 Å². The van der Waals surface area contributed by atoms with Gasteiger partial charge in [0.25, 0.3) is 0 Å². The van der Waals surface area contributed by atoms with Gasteiger partial charge in [-0.1, -0.05) is 26.7 Å². The number of hydrogen-bond donors (Lipinski definition) is 1. The Balaban J connectivity index is 2.51. The van der Waals surface area contributed by atoms with Crippen LogP contribution in [0.25, 0.3) is 0 Å². The second-order valence-electron chi connectivity index (χ2n) is 5.95. The van der Waals surface area contributed by atoms with Crippen molar-refractivity contribution in [2.24, 2.45) is 5.92 Å². The van der Waals surface area contributed by atoms with Crippen LogP contribution in [0.4, 0.5) is 0 Å². The van der Waals surface area contributed by atoms with Gasteiger partial charge in [-0.15, -0.1) is 0 Å². The van der Waals surface area contributed by atoms with Crippen LogP contribution in [-0.2, 0) is 19.4 Å². The van der Waals surface area contributed by atoms with Crippen LogP contribution in [0.1, 0.15) is 46.5 Å². The van der Waals surface area contributed by atoms with E-state index in [4.69, 9.17) is 0 Å². The molecule has 0 bridgehead atoms. The van der Waals surface area contributed by atoms with Crippen molar-refractivity contribution < 1.29 is 18.0 Å². The Morgan fingerprint density at radius 2 is 1.77 bits per heavy atom. The number of nitrogens with zero attached hydrogens (tertiary/aromatic N) is 1. The highest BCUT2D eigenvalue weighted by Crippen LogP contribution is 2.13. The largest absolute Gasteiger partial charge is 0.344 e. The summed E-state index contributed by atoms with van der Waals surface area (Å²) in [4.78, 5) is 26.0. The van der Waals surface area contributed by atoms with Gasteiger partial charge in [-0.2, -0.15) is 0 Å². The summed E-state index contributed by atoms with van der Waals surface area (Å²) in [7, 11) is -3.01. The van der Waals surface area contributed by atoms with Gasteiger partial charge in [0, 0.05) is 19.0 Å². The minimum atomic E-state index is -3.01. The summed E-state index contributed by atoms with van der Waals surface area (Å²) in [5.74, 6) is -0.326. The topological polar surface area (TPSA) is 83.6 Å². The van der Waals surface area contributed by atoms with E-state index in [1.54, 1.807) is 6.92 Å². The smallest absolute Gasteiger partial charge is 0.244 e. The van der Waals surface area contributed by atoms with Gasteiger partial charge >= 0.3 is 0 Å². The third kappa shape index (κ3) is 5.59. The first-order chi connectivity index (χ1) is 10.3. The van der Waals surface area contributed by atoms with Gasteiger partial charge in [0.05, 0.1) is 11.5 Å². The van der Waals surface area contributed by atoms with Crippen molar-refractivity contribution in [3.8, 4) is 0 Å². The average Bonchev–Trinajstić information content (AvgIpc) is 2.47. The molecule has 0 saturated carbocycles. The predicted octanol–water partition coefficient (Wildman–Crippen LogP) is 0.965. The van der Waals surface area contributed by atoms with Crippen molar-refractivity contribution >= 4 is 21.7 Å². The van der Waals surface area contributed by atoms with Crippen LogP contribution < -0.4 is 5.32 Å². The van der Waals surface area contributed by atoms with Crippen LogP contribution in [-0.4, -0.2) is 55.8 Å². The maximum Gasteiger partial charge on any atom is 0.244 e. The molecule has 2 atom stereocenters. The molecule has 1 saturated heterocycles. The Kier molecular flexibility index (Phi) is 7.32. The number of rotatable bonds is 7. The van der Waals surface area contributed by atoms with E-state index >= 15 is 0 Å². The Morgan fingerprint density at radius 1 is 1.18 bits per heavy atom. The zero-order valence-corrected chi connectivity index (χ0v) is 14.6. The Bertz CT molecular complexity index is 476. The number of unbranched alkanes of at least 4 members (excludes halogenated alkanes) is 1. The second-order valence-corrected chi connectivity index (χ2v) is 8.26. The maximum atomic E-state index is 12.3. The number of amides is 2. The first-order valence-electron chi connectivity index (χ1n) is 8.10. The van der Waals surface area contributed by atoms with Gasteiger partial charge in [0.2, 0.25) is 11.8 Å². The number of carbonyl (C=O) groups excluding carboxylic acids is 2. The standard InChI is InChI=1S/C15H28N2O4S/c1-4-6-7-13(5-2)14(18)16-12(3)15(19)17-8-10-22(20,21)11-9-17/h12-13H,4-11H2,1-3H3,(H,16,18). The minimum Gasteiger partial charge on any atom is -0.344 e. The Hall–Kier alpha value is -1.11. The summed E-state index contributed by atoms with van der Waals surface area (Å²) >= 11 is 0.